The van der Waals surface area contributed by atoms with Crippen LogP contribution in [0.1, 0.15) is 60.3 Å². The number of hydrogen-bond acceptors (Lipinski definition) is 0. The molecule has 0 aliphatic heterocycles. The fraction of sp³-hybridized carbons (Fsp3) is 0.833. The molecule has 74 valence electrons. The highest BCUT2D eigenvalue weighted by molar-refractivity contribution is 4.86. The van der Waals surface area contributed by atoms with Gasteiger partial charge in [0.05, 0.1) is 0 Å². The summed E-state index contributed by atoms with van der Waals surface area (Å²) in [5, 5.41) is 0. The Morgan fingerprint density at radius 3 is 1.67 bits per heavy atom. The molecule has 0 heterocycles. The van der Waals surface area contributed by atoms with Crippen LogP contribution in [0.5, 0.6) is 0 Å². The summed E-state index contributed by atoms with van der Waals surface area (Å²) in [6.45, 7) is 14.7. The maximum Gasteiger partial charge on any atom is -0.0328 e. The second-order valence-electron chi connectivity index (χ2n) is 3.89. The van der Waals surface area contributed by atoms with Crippen molar-refractivity contribution in [1.29, 1.82) is 0 Å². The van der Waals surface area contributed by atoms with Crippen molar-refractivity contribution in [1.82, 2.24) is 0 Å². The van der Waals surface area contributed by atoms with E-state index in [1.165, 1.54) is 31.3 Å². The highest BCUT2D eigenvalue weighted by atomic mass is 13.9. The Morgan fingerprint density at radius 1 is 1.17 bits per heavy atom. The van der Waals surface area contributed by atoms with Crippen LogP contribution in [0.3, 0.4) is 0 Å². The minimum absolute atomic E-state index is 0.898. The Hall–Kier alpha value is -0.260. The fourth-order valence-electron chi connectivity index (χ4n) is 1.00. The van der Waals surface area contributed by atoms with Gasteiger partial charge in [0, 0.05) is 0 Å². The summed E-state index contributed by atoms with van der Waals surface area (Å²) < 4.78 is 0. The molecule has 0 bridgehead atoms. The molecule has 0 N–H and O–H groups in total. The van der Waals surface area contributed by atoms with Gasteiger partial charge in [-0.2, -0.15) is 0 Å². The summed E-state index contributed by atoms with van der Waals surface area (Å²) in [5.74, 6) is 0.898. The molecule has 0 unspecified atom stereocenters. The van der Waals surface area contributed by atoms with Crippen molar-refractivity contribution in [3.8, 4) is 0 Å². The third-order valence-electron chi connectivity index (χ3n) is 1.54. The topological polar surface area (TPSA) is 0 Å². The zero-order valence-corrected chi connectivity index (χ0v) is 9.61. The first kappa shape index (κ1) is 14.3. The van der Waals surface area contributed by atoms with Crippen molar-refractivity contribution in [3.63, 3.8) is 0 Å². The molecule has 0 aliphatic rings. The summed E-state index contributed by atoms with van der Waals surface area (Å²) in [4.78, 5) is 0. The van der Waals surface area contributed by atoms with Gasteiger partial charge >= 0.3 is 0 Å². The number of rotatable bonds is 4. The van der Waals surface area contributed by atoms with Crippen LogP contribution in [0.25, 0.3) is 0 Å². The summed E-state index contributed by atoms with van der Waals surface area (Å²) >= 11 is 0. The molecule has 0 radical (unpaired) electrons. The Kier molecular flexibility index (Phi) is 12.8. The van der Waals surface area contributed by atoms with E-state index in [2.05, 4.69) is 41.2 Å². The van der Waals surface area contributed by atoms with Gasteiger partial charge in [-0.1, -0.05) is 52.5 Å². The van der Waals surface area contributed by atoms with Gasteiger partial charge in [-0.25, -0.2) is 0 Å². The second kappa shape index (κ2) is 10.7. The van der Waals surface area contributed by atoms with Gasteiger partial charge in [-0.3, -0.25) is 0 Å². The van der Waals surface area contributed by atoms with Crippen molar-refractivity contribution in [2.75, 3.05) is 0 Å². The summed E-state index contributed by atoms with van der Waals surface area (Å²) in [7, 11) is 0. The standard InChI is InChI=1S/C6H14.C6H12/c2*1-4-5-6(2)3/h6H,4-5H2,1-3H3;2,4-5H2,1,3H3. The van der Waals surface area contributed by atoms with Crippen LogP contribution >= 0.6 is 0 Å². The van der Waals surface area contributed by atoms with Crippen molar-refractivity contribution < 1.29 is 0 Å². The number of hydrogen-bond donors (Lipinski definition) is 0. The van der Waals surface area contributed by atoms with Crippen LogP contribution in [0.2, 0.25) is 0 Å². The van der Waals surface area contributed by atoms with E-state index in [0.29, 0.717) is 0 Å². The molecule has 0 spiro atoms. The van der Waals surface area contributed by atoms with Crippen LogP contribution in [-0.4, -0.2) is 0 Å². The first-order chi connectivity index (χ1) is 5.54. The Morgan fingerprint density at radius 2 is 1.67 bits per heavy atom. The van der Waals surface area contributed by atoms with Crippen LogP contribution in [-0.2, 0) is 0 Å². The predicted molar refractivity (Wildman–Crippen MR) is 59.5 cm³/mol. The zero-order valence-electron chi connectivity index (χ0n) is 9.61. The van der Waals surface area contributed by atoms with Crippen LogP contribution in [0.15, 0.2) is 12.2 Å². The van der Waals surface area contributed by atoms with E-state index in [1.54, 1.807) is 0 Å². The summed E-state index contributed by atoms with van der Waals surface area (Å²) in [5.41, 5.74) is 1.29. The minimum Gasteiger partial charge on any atom is -0.100 e. The van der Waals surface area contributed by atoms with Crippen LogP contribution in [0, 0.1) is 5.92 Å². The average molecular weight is 170 g/mol. The molecule has 0 aromatic heterocycles. The Labute approximate surface area is 79.1 Å². The van der Waals surface area contributed by atoms with E-state index in [0.717, 1.165) is 5.92 Å². The summed E-state index contributed by atoms with van der Waals surface area (Å²) in [6, 6.07) is 0. The lowest BCUT2D eigenvalue weighted by molar-refractivity contribution is 0.576. The molecule has 0 aromatic rings. The normalized spacial score (nSPS) is 9.17. The molecule has 12 heavy (non-hydrogen) atoms. The third-order valence-corrected chi connectivity index (χ3v) is 1.54. The molecular weight excluding hydrogens is 144 g/mol. The predicted octanol–water partition coefficient (Wildman–Crippen LogP) is 4.81. The van der Waals surface area contributed by atoms with E-state index in [9.17, 15) is 0 Å². The largest absolute Gasteiger partial charge is 0.100 e. The van der Waals surface area contributed by atoms with E-state index >= 15 is 0 Å². The zero-order chi connectivity index (χ0) is 9.98. The molecule has 0 atom stereocenters. The van der Waals surface area contributed by atoms with Gasteiger partial charge in [-0.15, -0.1) is 6.58 Å². The highest BCUT2D eigenvalue weighted by Crippen LogP contribution is 2.00. The molecule has 0 rings (SSSR count). The van der Waals surface area contributed by atoms with E-state index in [-0.39, 0.29) is 0 Å². The lowest BCUT2D eigenvalue weighted by Gasteiger charge is -1.95. The number of allylic oxidation sites excluding steroid dienone is 1. The van der Waals surface area contributed by atoms with Gasteiger partial charge in [0.15, 0.2) is 0 Å². The van der Waals surface area contributed by atoms with Gasteiger partial charge in [-0.05, 0) is 19.3 Å². The first-order valence-corrected chi connectivity index (χ1v) is 5.18. The molecule has 0 nitrogen and oxygen atoms in total. The Balaban J connectivity index is 0. The summed E-state index contributed by atoms with van der Waals surface area (Å²) in [6.07, 6.45) is 5.12. The third kappa shape index (κ3) is 22.6. The maximum absolute atomic E-state index is 3.74. The van der Waals surface area contributed by atoms with Crippen LogP contribution < -0.4 is 0 Å². The van der Waals surface area contributed by atoms with Crippen molar-refractivity contribution in [3.05, 3.63) is 12.2 Å². The average Bonchev–Trinajstić information content (AvgIpc) is 1.87. The second-order valence-corrected chi connectivity index (χ2v) is 3.89. The quantitative estimate of drug-likeness (QED) is 0.531. The molecule has 0 saturated carbocycles. The van der Waals surface area contributed by atoms with E-state index in [4.69, 9.17) is 0 Å². The smallest absolute Gasteiger partial charge is 0.0328 e. The molecule has 0 amide bonds. The van der Waals surface area contributed by atoms with Crippen molar-refractivity contribution in [2.45, 2.75) is 60.3 Å². The Bertz CT molecular complexity index is 90.2. The van der Waals surface area contributed by atoms with Gasteiger partial charge in [0.2, 0.25) is 0 Å². The molecular formula is C12H26. The monoisotopic (exact) mass is 170 g/mol. The minimum atomic E-state index is 0.898. The molecule has 0 aliphatic carbocycles. The highest BCUT2D eigenvalue weighted by Gasteiger charge is 1.85. The van der Waals surface area contributed by atoms with Gasteiger partial charge in [0.25, 0.3) is 0 Å². The lowest BCUT2D eigenvalue weighted by atomic mass is 10.1. The van der Waals surface area contributed by atoms with Crippen molar-refractivity contribution in [2.24, 2.45) is 5.92 Å². The van der Waals surface area contributed by atoms with Crippen LogP contribution in [0.4, 0.5) is 0 Å². The van der Waals surface area contributed by atoms with Gasteiger partial charge < -0.3 is 0 Å². The lowest BCUT2D eigenvalue weighted by Crippen LogP contribution is -1.81. The first-order valence-electron chi connectivity index (χ1n) is 5.18. The maximum atomic E-state index is 3.74. The molecule has 0 heteroatoms. The SMILES string of the molecule is C=C(C)CCC.CCCC(C)C. The fourth-order valence-corrected chi connectivity index (χ4v) is 1.00. The molecule has 0 fully saturated rings. The van der Waals surface area contributed by atoms with Crippen molar-refractivity contribution >= 4 is 0 Å². The molecule has 0 saturated heterocycles. The van der Waals surface area contributed by atoms with Gasteiger partial charge in [0.1, 0.15) is 0 Å². The van der Waals surface area contributed by atoms with E-state index < -0.39 is 0 Å². The van der Waals surface area contributed by atoms with E-state index in [1.807, 2.05) is 0 Å². The molecule has 0 aromatic carbocycles.